The van der Waals surface area contributed by atoms with Gasteiger partial charge in [0.05, 0.1) is 28.3 Å². The molecule has 0 spiro atoms. The van der Waals surface area contributed by atoms with Crippen molar-refractivity contribution in [1.29, 1.82) is 0 Å². The molecule has 0 fully saturated rings. The molecule has 7 nitrogen and oxygen atoms in total. The van der Waals surface area contributed by atoms with Gasteiger partial charge in [0.25, 0.3) is 5.56 Å². The second-order valence-corrected chi connectivity index (χ2v) is 9.25. The summed E-state index contributed by atoms with van der Waals surface area (Å²) >= 11 is 0. The van der Waals surface area contributed by atoms with Gasteiger partial charge in [-0.25, -0.2) is 9.97 Å². The molecular formula is C29H33N5O2. The fraction of sp³-hybridized carbons (Fsp3) is 0.345. The Balaban J connectivity index is 1.71. The maximum atomic E-state index is 13.5. The fourth-order valence-electron chi connectivity index (χ4n) is 4.15. The highest BCUT2D eigenvalue weighted by Gasteiger charge is 2.17. The fourth-order valence-corrected chi connectivity index (χ4v) is 4.15. The molecule has 0 aliphatic carbocycles. The molecule has 0 saturated heterocycles. The smallest absolute Gasteiger partial charge is 0.261 e. The van der Waals surface area contributed by atoms with E-state index in [0.717, 1.165) is 70.4 Å². The predicted octanol–water partition coefficient (Wildman–Crippen LogP) is 5.55. The average molecular weight is 484 g/mol. The zero-order valence-corrected chi connectivity index (χ0v) is 21.9. The van der Waals surface area contributed by atoms with Crippen molar-refractivity contribution >= 4 is 0 Å². The van der Waals surface area contributed by atoms with Gasteiger partial charge in [0.15, 0.2) is 0 Å². The number of hydrogen-bond donors (Lipinski definition) is 0. The molecule has 7 heteroatoms. The topological polar surface area (TPSA) is 82.8 Å². The van der Waals surface area contributed by atoms with E-state index in [0.29, 0.717) is 17.9 Å². The summed E-state index contributed by atoms with van der Waals surface area (Å²) in [6, 6.07) is 9.67. The number of unbranched alkanes of at least 4 members (excludes halogenated alkanes) is 1. The summed E-state index contributed by atoms with van der Waals surface area (Å²) < 4.78 is 7.73. The Hall–Kier alpha value is -3.87. The van der Waals surface area contributed by atoms with Crippen molar-refractivity contribution in [3.05, 3.63) is 92.7 Å². The van der Waals surface area contributed by atoms with E-state index in [1.165, 1.54) is 0 Å². The van der Waals surface area contributed by atoms with Gasteiger partial charge < -0.3 is 4.74 Å². The van der Waals surface area contributed by atoms with Crippen LogP contribution in [-0.4, -0.2) is 24.5 Å². The van der Waals surface area contributed by atoms with Crippen LogP contribution in [0.3, 0.4) is 0 Å². The van der Waals surface area contributed by atoms with Gasteiger partial charge >= 0.3 is 0 Å². The van der Waals surface area contributed by atoms with Gasteiger partial charge in [-0.3, -0.25) is 19.3 Å². The zero-order valence-electron chi connectivity index (χ0n) is 21.9. The Labute approximate surface area is 212 Å². The molecule has 0 aromatic carbocycles. The van der Waals surface area contributed by atoms with Crippen LogP contribution in [0.1, 0.15) is 59.4 Å². The molecule has 0 saturated carbocycles. The van der Waals surface area contributed by atoms with Crippen molar-refractivity contribution in [2.45, 2.75) is 67.4 Å². The van der Waals surface area contributed by atoms with Crippen LogP contribution in [0.25, 0.3) is 17.1 Å². The molecule has 0 amide bonds. The van der Waals surface area contributed by atoms with Gasteiger partial charge in [-0.05, 0) is 70.4 Å². The minimum atomic E-state index is -0.120. The first-order valence-corrected chi connectivity index (χ1v) is 12.4. The van der Waals surface area contributed by atoms with Crippen molar-refractivity contribution < 1.29 is 4.74 Å². The first-order valence-electron chi connectivity index (χ1n) is 12.4. The van der Waals surface area contributed by atoms with Gasteiger partial charge in [-0.1, -0.05) is 19.4 Å². The number of ether oxygens (including phenoxy) is 1. The second-order valence-electron chi connectivity index (χ2n) is 9.25. The van der Waals surface area contributed by atoms with E-state index in [-0.39, 0.29) is 5.56 Å². The molecular weight excluding hydrogens is 450 g/mol. The number of nitrogens with zero attached hydrogens (tertiary/aromatic N) is 5. The van der Waals surface area contributed by atoms with Crippen molar-refractivity contribution in [3.8, 4) is 22.8 Å². The summed E-state index contributed by atoms with van der Waals surface area (Å²) in [6.45, 7) is 12.1. The summed E-state index contributed by atoms with van der Waals surface area (Å²) in [5, 5.41) is 0. The lowest BCUT2D eigenvalue weighted by molar-refractivity contribution is 0.297. The third-order valence-electron chi connectivity index (χ3n) is 6.24. The van der Waals surface area contributed by atoms with Crippen LogP contribution in [0.2, 0.25) is 0 Å². The Morgan fingerprint density at radius 3 is 2.47 bits per heavy atom. The minimum absolute atomic E-state index is 0.120. The summed E-state index contributed by atoms with van der Waals surface area (Å²) in [5.74, 6) is 1.38. The molecule has 186 valence electrons. The number of pyridine rings is 3. The third-order valence-corrected chi connectivity index (χ3v) is 6.24. The Bertz CT molecular complexity index is 1460. The molecule has 36 heavy (non-hydrogen) atoms. The molecule has 0 aliphatic rings. The van der Waals surface area contributed by atoms with Crippen LogP contribution >= 0.6 is 0 Å². The van der Waals surface area contributed by atoms with Gasteiger partial charge in [-0.15, -0.1) is 0 Å². The lowest BCUT2D eigenvalue weighted by atomic mass is 10.1. The molecule has 0 aliphatic heterocycles. The Morgan fingerprint density at radius 2 is 1.72 bits per heavy atom. The molecule has 0 bridgehead atoms. The average Bonchev–Trinajstić information content (AvgIpc) is 2.86. The monoisotopic (exact) mass is 483 g/mol. The molecule has 4 aromatic heterocycles. The number of aryl methyl sites for hydroxylation is 5. The first-order chi connectivity index (χ1) is 17.3. The van der Waals surface area contributed by atoms with Crippen LogP contribution in [0.4, 0.5) is 0 Å². The number of hydrogen-bond acceptors (Lipinski definition) is 6. The van der Waals surface area contributed by atoms with Crippen molar-refractivity contribution in [2.75, 3.05) is 0 Å². The van der Waals surface area contributed by atoms with E-state index < -0.39 is 0 Å². The zero-order chi connectivity index (χ0) is 25.8. The van der Waals surface area contributed by atoms with Crippen LogP contribution in [0, 0.1) is 34.6 Å². The molecule has 4 rings (SSSR count). The number of aromatic nitrogens is 5. The Morgan fingerprint density at radius 1 is 0.944 bits per heavy atom. The number of rotatable bonds is 8. The molecule has 0 radical (unpaired) electrons. The van der Waals surface area contributed by atoms with Crippen LogP contribution in [0.5, 0.6) is 5.75 Å². The van der Waals surface area contributed by atoms with Gasteiger partial charge in [0.1, 0.15) is 18.2 Å². The Kier molecular flexibility index (Phi) is 7.58. The third kappa shape index (κ3) is 5.35. The summed E-state index contributed by atoms with van der Waals surface area (Å²) in [5.41, 5.74) is 7.12. The molecule has 4 heterocycles. The van der Waals surface area contributed by atoms with E-state index in [4.69, 9.17) is 9.72 Å². The maximum Gasteiger partial charge on any atom is 0.261 e. The van der Waals surface area contributed by atoms with Crippen molar-refractivity contribution in [2.24, 2.45) is 0 Å². The molecule has 0 atom stereocenters. The normalized spacial score (nSPS) is 11.1. The maximum absolute atomic E-state index is 13.5. The molecule has 0 unspecified atom stereocenters. The first kappa shape index (κ1) is 25.2. The predicted molar refractivity (Wildman–Crippen MR) is 142 cm³/mol. The van der Waals surface area contributed by atoms with Gasteiger partial charge in [0, 0.05) is 36.3 Å². The highest BCUT2D eigenvalue weighted by atomic mass is 16.5. The summed E-state index contributed by atoms with van der Waals surface area (Å²) in [4.78, 5) is 31.9. The summed E-state index contributed by atoms with van der Waals surface area (Å²) in [7, 11) is 0. The lowest BCUT2D eigenvalue weighted by Crippen LogP contribution is -2.24. The second kappa shape index (κ2) is 10.8. The van der Waals surface area contributed by atoms with E-state index in [1.54, 1.807) is 17.7 Å². The van der Waals surface area contributed by atoms with Crippen LogP contribution in [0.15, 0.2) is 47.5 Å². The molecule has 4 aromatic rings. The minimum Gasteiger partial charge on any atom is -0.487 e. The van der Waals surface area contributed by atoms with Gasteiger partial charge in [-0.2, -0.15) is 0 Å². The summed E-state index contributed by atoms with van der Waals surface area (Å²) in [6.07, 6.45) is 6.61. The lowest BCUT2D eigenvalue weighted by Gasteiger charge is -2.17. The SMILES string of the molecule is CCCCc1ncc(C)c(-c2cc(-n3c(C)cc(OCc4cccc(C)n4)c(C)c3=O)c(C)cn2)n1. The molecule has 0 N–H and O–H groups in total. The highest BCUT2D eigenvalue weighted by molar-refractivity contribution is 5.62. The van der Waals surface area contributed by atoms with E-state index in [2.05, 4.69) is 21.9 Å². The largest absolute Gasteiger partial charge is 0.487 e. The van der Waals surface area contributed by atoms with E-state index in [9.17, 15) is 4.79 Å². The van der Waals surface area contributed by atoms with Crippen LogP contribution in [-0.2, 0) is 13.0 Å². The van der Waals surface area contributed by atoms with E-state index in [1.807, 2.05) is 64.2 Å². The van der Waals surface area contributed by atoms with E-state index >= 15 is 0 Å². The highest BCUT2D eigenvalue weighted by Crippen LogP contribution is 2.26. The quantitative estimate of drug-likeness (QED) is 0.327. The van der Waals surface area contributed by atoms with Crippen molar-refractivity contribution in [1.82, 2.24) is 24.5 Å². The van der Waals surface area contributed by atoms with Crippen molar-refractivity contribution in [3.63, 3.8) is 0 Å². The van der Waals surface area contributed by atoms with Crippen LogP contribution < -0.4 is 10.3 Å². The van der Waals surface area contributed by atoms with Gasteiger partial charge in [0.2, 0.25) is 0 Å². The standard InChI is InChI=1S/C29H33N5O2/c1-7-8-12-27-31-16-19(3)28(33-27)24-14-25(18(2)15-30-24)34-21(5)13-26(22(6)29(34)35)36-17-23-11-9-10-20(4)32-23/h9-11,13-16H,7-8,12,17H2,1-6H3.